The van der Waals surface area contributed by atoms with Crippen LogP contribution >= 0.6 is 0 Å². The molecule has 20 valence electrons. The molecule has 0 nitrogen and oxygen atoms in total. The van der Waals surface area contributed by atoms with Gasteiger partial charge in [-0.3, -0.25) is 0 Å². The molecular weight excluding hydrogens is 43.0 g/mol. The monoisotopic (exact) mass is 50.1 g/mol. The van der Waals surface area contributed by atoms with Gasteiger partial charge >= 0.3 is 36.2 Å². The summed E-state index contributed by atoms with van der Waals surface area (Å²) in [6.45, 7) is 2.18. The van der Waals surface area contributed by atoms with E-state index in [0.29, 0.717) is 0 Å². The van der Waals surface area contributed by atoms with E-state index in [0.717, 1.165) is 0 Å². The van der Waals surface area contributed by atoms with Crippen molar-refractivity contribution >= 4 is 17.7 Å². The fraction of sp³-hybridized carbons (Fsp3) is 1.00. The Morgan fingerprint density at radius 1 is 1.75 bits per heavy atom. The zero-order chi connectivity index (χ0) is 3.41. The zero-order valence-electron chi connectivity index (χ0n) is 3.41. The molecule has 0 unspecified atom stereocenters. The molecule has 0 saturated heterocycles. The van der Waals surface area contributed by atoms with Gasteiger partial charge in [-0.1, -0.05) is 0 Å². The van der Waals surface area contributed by atoms with Crippen LogP contribution in [0, 0.1) is 0 Å². The van der Waals surface area contributed by atoms with Crippen molar-refractivity contribution in [2.24, 2.45) is 0 Å². The van der Waals surface area contributed by atoms with Crippen molar-refractivity contribution in [3.8, 4) is 0 Å². The van der Waals surface area contributed by atoms with Crippen LogP contribution in [0.5, 0.6) is 0 Å². The van der Waals surface area contributed by atoms with E-state index >= 15 is 0 Å². The number of rotatable bonds is 1. The van der Waals surface area contributed by atoms with Crippen LogP contribution in [0.15, 0.2) is 0 Å². The molecule has 0 bridgehead atoms. The van der Waals surface area contributed by atoms with Crippen molar-refractivity contribution in [1.82, 2.24) is 0 Å². The Bertz CT molecular complexity index is 5.25. The topological polar surface area (TPSA) is 0 Å². The molecule has 0 aromatic carbocycles. The summed E-state index contributed by atoms with van der Waals surface area (Å²) in [4.78, 5) is 0. The third kappa shape index (κ3) is 2.60. The van der Waals surface area contributed by atoms with E-state index in [2.05, 4.69) is 24.6 Å². The molecule has 0 N–H and O–H groups in total. The van der Waals surface area contributed by atoms with Gasteiger partial charge in [0, 0.05) is 0 Å². The van der Waals surface area contributed by atoms with E-state index in [1.807, 2.05) is 0 Å². The number of hydrogen-bond acceptors (Lipinski definition) is 0. The van der Waals surface area contributed by atoms with Crippen molar-refractivity contribution in [3.05, 3.63) is 0 Å². The number of hydrogen-bond donors (Lipinski definition) is 0. The first-order valence-electron chi connectivity index (χ1n) is 1.91. The summed E-state index contributed by atoms with van der Waals surface area (Å²) in [6, 6.07) is 0. The Kier molecular flexibility index (Phi) is 4.13. The Balaban J connectivity index is 1.97. The molecule has 0 heterocycles. The molecule has 0 aliphatic carbocycles. The maximum atomic E-state index is 2.18. The fourth-order valence-electron chi connectivity index (χ4n) is 0. The first-order valence-corrected chi connectivity index (χ1v) is 1.91. The van der Waals surface area contributed by atoms with Gasteiger partial charge in [0.25, 0.3) is 0 Å². The third-order valence-corrected chi connectivity index (χ3v) is 0.500. The van der Waals surface area contributed by atoms with Crippen LogP contribution in [0.1, 0.15) is 13.3 Å². The average molecular weight is 50.0 g/mol. The Hall–Kier alpha value is 0.597. The molecule has 0 spiro atoms. The second kappa shape index (κ2) is 3.60. The molecule has 0 amide bonds. The van der Waals surface area contributed by atoms with E-state index in [9.17, 15) is 0 Å². The first-order chi connectivity index (χ1) is 1.91. The first kappa shape index (κ1) is 4.60. The molecule has 0 aromatic rings. The molecule has 0 aromatic heterocycles. The molecule has 0 aliphatic rings. The van der Waals surface area contributed by atoms with Crippen LogP contribution in [0.25, 0.3) is 0 Å². The van der Waals surface area contributed by atoms with Gasteiger partial charge in [0.1, 0.15) is 0 Å². The van der Waals surface area contributed by atoms with Gasteiger partial charge in [0.05, 0.1) is 0 Å². The predicted octanol–water partition coefficient (Wildman–Crippen LogP) is 0.983. The SMILES string of the molecule is [Li][CH2]CC. The molecule has 0 aliphatic heterocycles. The quantitative estimate of drug-likeness (QED) is 0.389. The molecule has 0 saturated carbocycles. The van der Waals surface area contributed by atoms with Gasteiger partial charge in [0.15, 0.2) is 0 Å². The van der Waals surface area contributed by atoms with E-state index in [-0.39, 0.29) is 0 Å². The van der Waals surface area contributed by atoms with Crippen molar-refractivity contribution in [1.29, 1.82) is 0 Å². The van der Waals surface area contributed by atoms with Crippen molar-refractivity contribution in [2.45, 2.75) is 18.4 Å². The average Bonchev–Trinajstić information content (AvgIpc) is 1.37. The summed E-state index contributed by atoms with van der Waals surface area (Å²) in [7, 11) is 0. The van der Waals surface area contributed by atoms with Crippen LogP contribution in [-0.2, 0) is 0 Å². The summed E-state index contributed by atoms with van der Waals surface area (Å²) in [5.74, 6) is 0. The fourth-order valence-corrected chi connectivity index (χ4v) is 0. The van der Waals surface area contributed by atoms with Gasteiger partial charge in [-0.05, 0) is 0 Å². The van der Waals surface area contributed by atoms with Crippen LogP contribution in [0.2, 0.25) is 5.09 Å². The minimum atomic E-state index is 1.32. The van der Waals surface area contributed by atoms with Crippen LogP contribution in [-0.4, -0.2) is 17.7 Å². The van der Waals surface area contributed by atoms with Crippen LogP contribution < -0.4 is 0 Å². The molecule has 0 rings (SSSR count). The Morgan fingerprint density at radius 2 is 2.00 bits per heavy atom. The summed E-state index contributed by atoms with van der Waals surface area (Å²) in [5.41, 5.74) is 0. The Morgan fingerprint density at radius 3 is 2.00 bits per heavy atom. The molecule has 0 radical (unpaired) electrons. The zero-order valence-corrected chi connectivity index (χ0v) is 3.41. The molecule has 1 heteroatoms. The molecule has 0 fully saturated rings. The molecule has 4 heavy (non-hydrogen) atoms. The van der Waals surface area contributed by atoms with Crippen LogP contribution in [0.3, 0.4) is 0 Å². The Labute approximate surface area is 36.8 Å². The predicted molar refractivity (Wildman–Crippen MR) is 20.9 cm³/mol. The summed E-state index contributed by atoms with van der Waals surface area (Å²) in [5, 5.41) is 1.32. The normalized spacial score (nSPS) is 7.75. The van der Waals surface area contributed by atoms with E-state index in [4.69, 9.17) is 0 Å². The van der Waals surface area contributed by atoms with E-state index < -0.39 is 0 Å². The van der Waals surface area contributed by atoms with Crippen molar-refractivity contribution in [3.63, 3.8) is 0 Å². The van der Waals surface area contributed by atoms with Crippen LogP contribution in [0.4, 0.5) is 0 Å². The van der Waals surface area contributed by atoms with Gasteiger partial charge in [0.2, 0.25) is 0 Å². The van der Waals surface area contributed by atoms with Gasteiger partial charge in [-0.15, -0.1) is 0 Å². The summed E-state index contributed by atoms with van der Waals surface area (Å²) >= 11 is 2.18. The molecular formula is C3H7Li. The summed E-state index contributed by atoms with van der Waals surface area (Å²) < 4.78 is 0. The van der Waals surface area contributed by atoms with Gasteiger partial charge in [-0.25, -0.2) is 0 Å². The van der Waals surface area contributed by atoms with Gasteiger partial charge < -0.3 is 0 Å². The molecule has 0 atom stereocenters. The minimum absolute atomic E-state index is 1.32. The maximum absolute atomic E-state index is 2.18. The standard InChI is InChI=1S/C3H7.Li/c1-3-2;/h1,3H2,2H3;. The van der Waals surface area contributed by atoms with E-state index in [1.54, 1.807) is 0 Å². The van der Waals surface area contributed by atoms with E-state index in [1.165, 1.54) is 11.5 Å². The second-order valence-electron chi connectivity index (χ2n) is 1.000. The summed E-state index contributed by atoms with van der Waals surface area (Å²) in [6.07, 6.45) is 1.32. The third-order valence-electron chi connectivity index (χ3n) is 0.500. The second-order valence-corrected chi connectivity index (χ2v) is 1.000. The van der Waals surface area contributed by atoms with Crippen molar-refractivity contribution < 1.29 is 0 Å². The van der Waals surface area contributed by atoms with Crippen molar-refractivity contribution in [2.75, 3.05) is 0 Å². The van der Waals surface area contributed by atoms with Gasteiger partial charge in [-0.2, -0.15) is 0 Å².